The molecule has 0 radical (unpaired) electrons. The average molecular weight is 612 g/mol. The Bertz CT molecular complexity index is 1750. The number of aliphatic hydroxyl groups is 1. The second-order valence-corrected chi connectivity index (χ2v) is 12.2. The van der Waals surface area contributed by atoms with Crippen molar-refractivity contribution in [3.05, 3.63) is 76.9 Å². The third kappa shape index (κ3) is 6.21. The summed E-state index contributed by atoms with van der Waals surface area (Å²) in [6, 6.07) is 11.5. The molecule has 0 spiro atoms. The van der Waals surface area contributed by atoms with Crippen molar-refractivity contribution in [3.8, 4) is 27.6 Å². The van der Waals surface area contributed by atoms with Crippen molar-refractivity contribution in [1.29, 1.82) is 5.26 Å². The molecule has 1 aliphatic rings. The highest BCUT2D eigenvalue weighted by Crippen LogP contribution is 2.51. The molecule has 2 heterocycles. The first-order chi connectivity index (χ1) is 20.2. The number of aromatic nitrogens is 3. The van der Waals surface area contributed by atoms with Gasteiger partial charge in [-0.25, -0.2) is 19.3 Å². The number of hydrogen-bond donors (Lipinski definition) is 3. The summed E-state index contributed by atoms with van der Waals surface area (Å²) in [6.07, 6.45) is -1.46. The van der Waals surface area contributed by atoms with E-state index in [1.165, 1.54) is 23.5 Å². The summed E-state index contributed by atoms with van der Waals surface area (Å²) in [4.78, 5) is 24.3. The van der Waals surface area contributed by atoms with Crippen molar-refractivity contribution in [2.75, 3.05) is 5.32 Å². The number of carbonyl (C=O) groups is 1. The van der Waals surface area contributed by atoms with Crippen LogP contribution in [0.15, 0.2) is 54.9 Å². The molecule has 43 heavy (non-hydrogen) atoms. The van der Waals surface area contributed by atoms with Gasteiger partial charge in [0, 0.05) is 18.1 Å². The highest BCUT2D eigenvalue weighted by Gasteiger charge is 2.49. The number of nitrogens with one attached hydrogen (secondary N) is 1. The van der Waals surface area contributed by atoms with E-state index in [0.29, 0.717) is 32.3 Å². The van der Waals surface area contributed by atoms with Crippen LogP contribution in [0.1, 0.15) is 49.4 Å². The summed E-state index contributed by atoms with van der Waals surface area (Å²) < 4.78 is 54.2. The minimum atomic E-state index is -4.68. The molecule has 13 heteroatoms. The van der Waals surface area contributed by atoms with Gasteiger partial charge in [-0.3, -0.25) is 4.79 Å². The van der Waals surface area contributed by atoms with Crippen LogP contribution in [0.25, 0.3) is 21.6 Å². The van der Waals surface area contributed by atoms with E-state index < -0.39 is 40.6 Å². The third-order valence-corrected chi connectivity index (χ3v) is 8.82. The van der Waals surface area contributed by atoms with Gasteiger partial charge in [-0.2, -0.15) is 18.4 Å². The number of benzene rings is 2. The van der Waals surface area contributed by atoms with Crippen molar-refractivity contribution in [2.24, 2.45) is 11.3 Å². The predicted octanol–water partition coefficient (Wildman–Crippen LogP) is 7.14. The Kier molecular flexibility index (Phi) is 7.70. The van der Waals surface area contributed by atoms with Gasteiger partial charge in [0.1, 0.15) is 28.2 Å². The zero-order chi connectivity index (χ0) is 31.2. The van der Waals surface area contributed by atoms with Crippen molar-refractivity contribution in [2.45, 2.75) is 44.9 Å². The molecule has 4 aromatic rings. The molecule has 0 bridgehead atoms. The Hall–Kier alpha value is -4.41. The summed E-state index contributed by atoms with van der Waals surface area (Å²) in [5.74, 6) is -2.56. The van der Waals surface area contributed by atoms with Crippen LogP contribution in [0.2, 0.25) is 0 Å². The lowest BCUT2D eigenvalue weighted by molar-refractivity contribution is -0.154. The lowest BCUT2D eigenvalue weighted by Gasteiger charge is -2.44. The van der Waals surface area contributed by atoms with Gasteiger partial charge >= 0.3 is 12.1 Å². The average Bonchev–Trinajstić information content (AvgIpc) is 3.43. The first kappa shape index (κ1) is 30.1. The molecule has 222 valence electrons. The number of carboxylic acid groups (broad SMARTS) is 1. The predicted molar refractivity (Wildman–Crippen MR) is 151 cm³/mol. The lowest BCUT2D eigenvalue weighted by Crippen LogP contribution is -2.44. The molecule has 1 fully saturated rings. The summed E-state index contributed by atoms with van der Waals surface area (Å²) in [5.41, 5.74) is -1.56. The number of anilines is 2. The number of halogens is 4. The number of hydrogen-bond acceptors (Lipinski definition) is 8. The molecule has 8 nitrogen and oxygen atoms in total. The molecular formula is C30H25F4N5O3S. The molecule has 0 unspecified atom stereocenters. The molecule has 2 atom stereocenters. The number of alkyl halides is 3. The van der Waals surface area contributed by atoms with Gasteiger partial charge in [0.05, 0.1) is 16.4 Å². The van der Waals surface area contributed by atoms with Gasteiger partial charge in [-0.1, -0.05) is 19.9 Å². The Morgan fingerprint density at radius 2 is 1.86 bits per heavy atom. The van der Waals surface area contributed by atoms with Crippen LogP contribution in [0.4, 0.5) is 29.2 Å². The van der Waals surface area contributed by atoms with Crippen LogP contribution < -0.4 is 5.32 Å². The van der Waals surface area contributed by atoms with Gasteiger partial charge in [-0.05, 0) is 77.8 Å². The molecule has 1 aliphatic carbocycles. The van der Waals surface area contributed by atoms with E-state index in [9.17, 15) is 32.6 Å². The lowest BCUT2D eigenvalue weighted by atomic mass is 9.63. The molecule has 0 amide bonds. The fraction of sp³-hybridized carbons (Fsp3) is 0.300. The molecule has 0 saturated heterocycles. The van der Waals surface area contributed by atoms with E-state index in [1.54, 1.807) is 50.4 Å². The number of thiazole rings is 1. The number of nitriles is 1. The van der Waals surface area contributed by atoms with Gasteiger partial charge in [-0.15, -0.1) is 11.3 Å². The normalized spacial score (nSPS) is 19.9. The molecule has 0 aliphatic heterocycles. The topological polar surface area (TPSA) is 132 Å². The maximum Gasteiger partial charge on any atom is 0.433 e. The van der Waals surface area contributed by atoms with Gasteiger partial charge < -0.3 is 15.5 Å². The van der Waals surface area contributed by atoms with E-state index in [2.05, 4.69) is 20.3 Å². The summed E-state index contributed by atoms with van der Waals surface area (Å²) >= 11 is 1.20. The van der Waals surface area contributed by atoms with Crippen molar-refractivity contribution in [3.63, 3.8) is 0 Å². The van der Waals surface area contributed by atoms with E-state index in [1.807, 2.05) is 0 Å². The molecule has 3 N–H and O–H groups in total. The van der Waals surface area contributed by atoms with Crippen LogP contribution in [0, 0.1) is 28.5 Å². The van der Waals surface area contributed by atoms with Crippen LogP contribution in [0.5, 0.6) is 0 Å². The van der Waals surface area contributed by atoms with Crippen LogP contribution in [-0.4, -0.2) is 31.1 Å². The second-order valence-electron chi connectivity index (χ2n) is 11.1. The standard InChI is InChI=1S/C30H25F4N5O3S/c1-28(2)15-29(42,7-5-21(28)25(40)41)26-37-14-23(43-26)19-9-18(16-3-4-17(13-35)22(31)12-16)10-20(11-19)38-27-36-8-6-24(39-27)30(32,33)34/h3-4,6,8-12,14,21,42H,5,7,15H2,1-2H3,(H,40,41)(H,36,38,39)/t21-,29-/m0/s1. The van der Waals surface area contributed by atoms with Crippen molar-refractivity contribution >= 4 is 28.9 Å². The number of aliphatic carboxylic acids is 1. The highest BCUT2D eigenvalue weighted by atomic mass is 32.1. The third-order valence-electron chi connectivity index (χ3n) is 7.58. The first-order valence-electron chi connectivity index (χ1n) is 13.1. The van der Waals surface area contributed by atoms with Crippen LogP contribution >= 0.6 is 11.3 Å². The van der Waals surface area contributed by atoms with E-state index in [-0.39, 0.29) is 30.8 Å². The molecule has 2 aromatic heterocycles. The fourth-order valence-electron chi connectivity index (χ4n) is 5.50. The van der Waals surface area contributed by atoms with Crippen LogP contribution in [-0.2, 0) is 16.6 Å². The number of nitrogens with zero attached hydrogens (tertiary/aromatic N) is 4. The van der Waals surface area contributed by atoms with E-state index >= 15 is 0 Å². The summed E-state index contributed by atoms with van der Waals surface area (Å²) in [7, 11) is 0. The second kappa shape index (κ2) is 11.0. The maximum absolute atomic E-state index is 14.5. The Labute approximate surface area is 247 Å². The fourth-order valence-corrected chi connectivity index (χ4v) is 6.52. The van der Waals surface area contributed by atoms with Gasteiger partial charge in [0.2, 0.25) is 5.95 Å². The largest absolute Gasteiger partial charge is 0.481 e. The quantitative estimate of drug-likeness (QED) is 0.196. The zero-order valence-corrected chi connectivity index (χ0v) is 23.7. The highest BCUT2D eigenvalue weighted by molar-refractivity contribution is 7.15. The summed E-state index contributed by atoms with van der Waals surface area (Å²) in [6.45, 7) is 3.61. The minimum Gasteiger partial charge on any atom is -0.481 e. The Morgan fingerprint density at radius 3 is 2.51 bits per heavy atom. The Balaban J connectivity index is 1.55. The molecule has 5 rings (SSSR count). The molecule has 2 aromatic carbocycles. The monoisotopic (exact) mass is 611 g/mol. The number of carboxylic acids is 1. The minimum absolute atomic E-state index is 0.142. The van der Waals surface area contributed by atoms with Gasteiger partial charge in [0.15, 0.2) is 0 Å². The number of rotatable bonds is 6. The van der Waals surface area contributed by atoms with Gasteiger partial charge in [0.25, 0.3) is 0 Å². The van der Waals surface area contributed by atoms with E-state index in [4.69, 9.17) is 5.26 Å². The van der Waals surface area contributed by atoms with Crippen molar-refractivity contribution in [1.82, 2.24) is 15.0 Å². The van der Waals surface area contributed by atoms with E-state index in [0.717, 1.165) is 12.3 Å². The SMILES string of the molecule is CC1(C)C[C@](O)(c2ncc(-c3cc(Nc4nccc(C(F)(F)F)n4)cc(-c4ccc(C#N)c(F)c4)c3)s2)CC[C@H]1C(=O)O. The van der Waals surface area contributed by atoms with Crippen molar-refractivity contribution < 1.29 is 32.6 Å². The maximum atomic E-state index is 14.5. The molecular weight excluding hydrogens is 586 g/mol. The molecule has 1 saturated carbocycles. The first-order valence-corrected chi connectivity index (χ1v) is 13.9. The Morgan fingerprint density at radius 1 is 1.12 bits per heavy atom. The smallest absolute Gasteiger partial charge is 0.433 e. The zero-order valence-electron chi connectivity index (χ0n) is 22.9. The van der Waals surface area contributed by atoms with Crippen LogP contribution in [0.3, 0.4) is 0 Å². The summed E-state index contributed by atoms with van der Waals surface area (Å²) in [5, 5.41) is 33.5.